The molecule has 0 radical (unpaired) electrons. The Kier molecular flexibility index (Phi) is 6.12. The molecule has 18 heavy (non-hydrogen) atoms. The van der Waals surface area contributed by atoms with E-state index in [4.69, 9.17) is 5.73 Å². The Hall–Kier alpha value is -1.10. The van der Waals surface area contributed by atoms with Crippen molar-refractivity contribution >= 4 is 11.8 Å². The molecule has 1 fully saturated rings. The molecule has 0 heterocycles. The van der Waals surface area contributed by atoms with E-state index in [0.29, 0.717) is 18.9 Å². The van der Waals surface area contributed by atoms with Crippen LogP contribution in [0.15, 0.2) is 0 Å². The SMILES string of the molecule is CCN(CC(=O)NC)C(=O)CC1CCCC(N)C1. The van der Waals surface area contributed by atoms with Crippen LogP contribution in [0.1, 0.15) is 39.0 Å². The minimum atomic E-state index is -0.120. The van der Waals surface area contributed by atoms with E-state index in [1.165, 1.54) is 0 Å². The fourth-order valence-electron chi connectivity index (χ4n) is 2.52. The van der Waals surface area contributed by atoms with Gasteiger partial charge < -0.3 is 16.0 Å². The lowest BCUT2D eigenvalue weighted by Crippen LogP contribution is -2.40. The topological polar surface area (TPSA) is 75.4 Å². The molecule has 0 aromatic heterocycles. The van der Waals surface area contributed by atoms with Crippen LogP contribution in [0.25, 0.3) is 0 Å². The van der Waals surface area contributed by atoms with Crippen molar-refractivity contribution in [2.75, 3.05) is 20.1 Å². The number of nitrogens with one attached hydrogen (secondary N) is 1. The first-order chi connectivity index (χ1) is 8.56. The molecule has 0 saturated heterocycles. The number of amides is 2. The van der Waals surface area contributed by atoms with Crippen molar-refractivity contribution in [3.8, 4) is 0 Å². The summed E-state index contributed by atoms with van der Waals surface area (Å²) < 4.78 is 0. The van der Waals surface area contributed by atoms with E-state index in [0.717, 1.165) is 25.7 Å². The normalized spacial score (nSPS) is 23.5. The van der Waals surface area contributed by atoms with E-state index in [9.17, 15) is 9.59 Å². The van der Waals surface area contributed by atoms with E-state index < -0.39 is 0 Å². The van der Waals surface area contributed by atoms with Crippen LogP contribution < -0.4 is 11.1 Å². The van der Waals surface area contributed by atoms with Gasteiger partial charge in [-0.3, -0.25) is 9.59 Å². The maximum absolute atomic E-state index is 12.1. The van der Waals surface area contributed by atoms with Crippen molar-refractivity contribution in [2.24, 2.45) is 11.7 Å². The molecule has 2 atom stereocenters. The molecule has 0 bridgehead atoms. The Morgan fingerprint density at radius 3 is 2.67 bits per heavy atom. The second-order valence-corrected chi connectivity index (χ2v) is 5.08. The van der Waals surface area contributed by atoms with Gasteiger partial charge in [-0.05, 0) is 32.1 Å². The summed E-state index contributed by atoms with van der Waals surface area (Å²) in [5, 5.41) is 2.54. The zero-order valence-electron chi connectivity index (χ0n) is 11.4. The van der Waals surface area contributed by atoms with Gasteiger partial charge in [0.05, 0.1) is 6.54 Å². The maximum Gasteiger partial charge on any atom is 0.239 e. The third-order valence-electron chi connectivity index (χ3n) is 3.63. The zero-order valence-corrected chi connectivity index (χ0v) is 11.4. The lowest BCUT2D eigenvalue weighted by molar-refractivity contribution is -0.136. The van der Waals surface area contributed by atoms with Gasteiger partial charge in [0.1, 0.15) is 0 Å². The quantitative estimate of drug-likeness (QED) is 0.750. The molecule has 1 aliphatic rings. The van der Waals surface area contributed by atoms with Gasteiger partial charge in [-0.1, -0.05) is 6.42 Å². The molecule has 104 valence electrons. The first kappa shape index (κ1) is 15.0. The predicted molar refractivity (Wildman–Crippen MR) is 70.9 cm³/mol. The molecule has 0 spiro atoms. The fourth-order valence-corrected chi connectivity index (χ4v) is 2.52. The van der Waals surface area contributed by atoms with E-state index >= 15 is 0 Å². The zero-order chi connectivity index (χ0) is 13.5. The number of nitrogens with two attached hydrogens (primary N) is 1. The van der Waals surface area contributed by atoms with Crippen molar-refractivity contribution in [1.82, 2.24) is 10.2 Å². The highest BCUT2D eigenvalue weighted by Gasteiger charge is 2.24. The smallest absolute Gasteiger partial charge is 0.239 e. The van der Waals surface area contributed by atoms with Crippen molar-refractivity contribution < 1.29 is 9.59 Å². The van der Waals surface area contributed by atoms with Crippen molar-refractivity contribution in [2.45, 2.75) is 45.1 Å². The van der Waals surface area contributed by atoms with Gasteiger partial charge in [0, 0.05) is 26.1 Å². The van der Waals surface area contributed by atoms with E-state index in [1.807, 2.05) is 6.92 Å². The average Bonchev–Trinajstić information content (AvgIpc) is 2.35. The van der Waals surface area contributed by atoms with Crippen molar-refractivity contribution in [1.29, 1.82) is 0 Å². The molecular weight excluding hydrogens is 230 g/mol. The third-order valence-corrected chi connectivity index (χ3v) is 3.63. The summed E-state index contributed by atoms with van der Waals surface area (Å²) in [6.07, 6.45) is 4.72. The Labute approximate surface area is 109 Å². The molecule has 3 N–H and O–H groups in total. The van der Waals surface area contributed by atoms with E-state index in [2.05, 4.69) is 5.32 Å². The van der Waals surface area contributed by atoms with Gasteiger partial charge in [-0.2, -0.15) is 0 Å². The molecular formula is C13H25N3O2. The summed E-state index contributed by atoms with van der Waals surface area (Å²) in [6.45, 7) is 2.63. The van der Waals surface area contributed by atoms with Crippen molar-refractivity contribution in [3.05, 3.63) is 0 Å². The Balaban J connectivity index is 2.43. The van der Waals surface area contributed by atoms with E-state index in [-0.39, 0.29) is 24.4 Å². The lowest BCUT2D eigenvalue weighted by atomic mass is 9.84. The van der Waals surface area contributed by atoms with Gasteiger partial charge in [0.25, 0.3) is 0 Å². The number of likely N-dealkylation sites (N-methyl/N-ethyl adjacent to an activating group) is 2. The van der Waals surface area contributed by atoms with Crippen LogP contribution in [0, 0.1) is 5.92 Å². The number of nitrogens with zero attached hydrogens (tertiary/aromatic N) is 1. The second kappa shape index (κ2) is 7.36. The minimum absolute atomic E-state index is 0.0696. The summed E-state index contributed by atoms with van der Waals surface area (Å²) in [7, 11) is 1.58. The van der Waals surface area contributed by atoms with Crippen LogP contribution in [-0.2, 0) is 9.59 Å². The van der Waals surface area contributed by atoms with Crippen LogP contribution in [0.4, 0.5) is 0 Å². The highest BCUT2D eigenvalue weighted by molar-refractivity contribution is 5.84. The Bertz CT molecular complexity index is 294. The molecule has 0 aliphatic heterocycles. The van der Waals surface area contributed by atoms with Crippen molar-refractivity contribution in [3.63, 3.8) is 0 Å². The summed E-state index contributed by atoms with van der Waals surface area (Å²) in [4.78, 5) is 25.0. The number of hydrogen-bond donors (Lipinski definition) is 2. The predicted octanol–water partition coefficient (Wildman–Crippen LogP) is 0.489. The number of rotatable bonds is 5. The summed E-state index contributed by atoms with van der Waals surface area (Å²) >= 11 is 0. The standard InChI is InChI=1S/C13H25N3O2/c1-3-16(9-12(17)15-2)13(18)8-10-5-4-6-11(14)7-10/h10-11H,3-9,14H2,1-2H3,(H,15,17). The fraction of sp³-hybridized carbons (Fsp3) is 0.846. The summed E-state index contributed by atoms with van der Waals surface area (Å²) in [5.74, 6) is 0.339. The van der Waals surface area contributed by atoms with Gasteiger partial charge >= 0.3 is 0 Å². The highest BCUT2D eigenvalue weighted by atomic mass is 16.2. The van der Waals surface area contributed by atoms with Gasteiger partial charge in [-0.15, -0.1) is 0 Å². The molecule has 5 heteroatoms. The molecule has 2 unspecified atom stereocenters. The minimum Gasteiger partial charge on any atom is -0.358 e. The van der Waals surface area contributed by atoms with Gasteiger partial charge in [-0.25, -0.2) is 0 Å². The summed E-state index contributed by atoms with van der Waals surface area (Å²) in [6, 6.07) is 0.241. The van der Waals surface area contributed by atoms with Crippen LogP contribution in [0.5, 0.6) is 0 Å². The van der Waals surface area contributed by atoms with E-state index in [1.54, 1.807) is 11.9 Å². The lowest BCUT2D eigenvalue weighted by Gasteiger charge is -2.28. The number of hydrogen-bond acceptors (Lipinski definition) is 3. The molecule has 1 aliphatic carbocycles. The van der Waals surface area contributed by atoms with Gasteiger partial charge in [0.15, 0.2) is 0 Å². The first-order valence-electron chi connectivity index (χ1n) is 6.80. The average molecular weight is 255 g/mol. The second-order valence-electron chi connectivity index (χ2n) is 5.08. The van der Waals surface area contributed by atoms with Gasteiger partial charge in [0.2, 0.25) is 11.8 Å². The Morgan fingerprint density at radius 2 is 2.11 bits per heavy atom. The van der Waals surface area contributed by atoms with Crippen LogP contribution in [0.3, 0.4) is 0 Å². The third kappa shape index (κ3) is 4.64. The largest absolute Gasteiger partial charge is 0.358 e. The Morgan fingerprint density at radius 1 is 1.39 bits per heavy atom. The molecule has 0 aromatic rings. The van der Waals surface area contributed by atoms with Crippen LogP contribution >= 0.6 is 0 Å². The molecule has 1 saturated carbocycles. The maximum atomic E-state index is 12.1. The van der Waals surface area contributed by atoms with Crippen LogP contribution in [0.2, 0.25) is 0 Å². The molecule has 5 nitrogen and oxygen atoms in total. The molecule has 0 aromatic carbocycles. The summed E-state index contributed by atoms with van der Waals surface area (Å²) in [5.41, 5.74) is 5.92. The number of carbonyl (C=O) groups excluding carboxylic acids is 2. The first-order valence-corrected chi connectivity index (χ1v) is 6.80. The monoisotopic (exact) mass is 255 g/mol. The number of carbonyl (C=O) groups is 2. The van der Waals surface area contributed by atoms with Crippen LogP contribution in [-0.4, -0.2) is 42.9 Å². The highest BCUT2D eigenvalue weighted by Crippen LogP contribution is 2.26. The molecule has 1 rings (SSSR count). The molecule has 2 amide bonds.